The van der Waals surface area contributed by atoms with E-state index in [-0.39, 0.29) is 5.91 Å². The van der Waals surface area contributed by atoms with Gasteiger partial charge in [0.1, 0.15) is 0 Å². The van der Waals surface area contributed by atoms with Gasteiger partial charge in [-0.3, -0.25) is 4.79 Å². The fraction of sp³-hybridized carbons (Fsp3) is 0.714. The third-order valence-corrected chi connectivity index (χ3v) is 7.72. The van der Waals surface area contributed by atoms with E-state index in [2.05, 4.69) is 35.5 Å². The van der Waals surface area contributed by atoms with Gasteiger partial charge < -0.3 is 15.5 Å². The van der Waals surface area contributed by atoms with Crippen LogP contribution in [0.25, 0.3) is 0 Å². The van der Waals surface area contributed by atoms with Crippen LogP contribution < -0.4 is 10.6 Å². The Kier molecular flexibility index (Phi) is 10.4. The molecule has 3 rings (SSSR count). The lowest BCUT2D eigenvalue weighted by Gasteiger charge is -2.33. The maximum absolute atomic E-state index is 12.9. The number of benzene rings is 1. The molecule has 2 N–H and O–H groups in total. The van der Waals surface area contributed by atoms with E-state index >= 15 is 0 Å². The number of carbonyl (C=O) groups is 1. The van der Waals surface area contributed by atoms with Crippen LogP contribution in [0.15, 0.2) is 18.2 Å². The van der Waals surface area contributed by atoms with Gasteiger partial charge in [-0.15, -0.1) is 0 Å². The predicted octanol–water partition coefficient (Wildman–Crippen LogP) is 6.56. The van der Waals surface area contributed by atoms with Gasteiger partial charge in [0.05, 0.1) is 23.0 Å². The van der Waals surface area contributed by atoms with Crippen molar-refractivity contribution in [2.24, 2.45) is 11.8 Å². The van der Waals surface area contributed by atoms with Crippen LogP contribution in [0, 0.1) is 23.2 Å². The van der Waals surface area contributed by atoms with Crippen LogP contribution in [-0.2, 0) is 4.79 Å². The molecule has 0 aromatic heterocycles. The first kappa shape index (κ1) is 25.4. The zero-order valence-corrected chi connectivity index (χ0v) is 20.9. The average Bonchev–Trinajstić information content (AvgIpc) is 2.85. The van der Waals surface area contributed by atoms with Crippen LogP contribution in [0.3, 0.4) is 0 Å². The van der Waals surface area contributed by atoms with Crippen molar-refractivity contribution in [3.05, 3.63) is 23.8 Å². The maximum Gasteiger partial charge on any atom is 0.224 e. The molecular weight excluding hydrogens is 408 g/mol. The third-order valence-electron chi connectivity index (χ3n) is 7.72. The van der Waals surface area contributed by atoms with Crippen molar-refractivity contribution in [1.82, 2.24) is 4.90 Å². The number of rotatable bonds is 11. The molecule has 33 heavy (non-hydrogen) atoms. The number of carbonyl (C=O) groups excluding carboxylic acids is 1. The summed E-state index contributed by atoms with van der Waals surface area (Å²) in [6.07, 6.45) is 14.5. The second-order valence-corrected chi connectivity index (χ2v) is 10.1. The number of hydrogen-bond donors (Lipinski definition) is 2. The average molecular weight is 453 g/mol. The summed E-state index contributed by atoms with van der Waals surface area (Å²) in [6, 6.07) is 8.45. The van der Waals surface area contributed by atoms with Gasteiger partial charge in [-0.1, -0.05) is 51.9 Å². The van der Waals surface area contributed by atoms with Crippen LogP contribution in [0.2, 0.25) is 0 Å². The molecule has 2 fully saturated rings. The van der Waals surface area contributed by atoms with Crippen LogP contribution >= 0.6 is 0 Å². The molecule has 0 heterocycles. The Bertz CT molecular complexity index is 773. The molecule has 1 aromatic rings. The van der Waals surface area contributed by atoms with E-state index in [0.717, 1.165) is 43.2 Å². The summed E-state index contributed by atoms with van der Waals surface area (Å²) in [5.74, 6) is 1.87. The van der Waals surface area contributed by atoms with Gasteiger partial charge >= 0.3 is 0 Å². The molecule has 5 heteroatoms. The molecule has 0 unspecified atom stereocenters. The zero-order chi connectivity index (χ0) is 23.5. The van der Waals surface area contributed by atoms with E-state index in [9.17, 15) is 10.1 Å². The first-order valence-corrected chi connectivity index (χ1v) is 13.5. The molecule has 2 aliphatic carbocycles. The second-order valence-electron chi connectivity index (χ2n) is 10.1. The van der Waals surface area contributed by atoms with E-state index in [1.807, 2.05) is 18.2 Å². The highest BCUT2D eigenvalue weighted by Gasteiger charge is 2.24. The molecule has 0 bridgehead atoms. The van der Waals surface area contributed by atoms with Gasteiger partial charge in [0.15, 0.2) is 0 Å². The van der Waals surface area contributed by atoms with Gasteiger partial charge in [0.25, 0.3) is 0 Å². The number of nitriles is 1. The highest BCUT2D eigenvalue weighted by atomic mass is 16.2. The molecule has 0 saturated heterocycles. The summed E-state index contributed by atoms with van der Waals surface area (Å²) >= 11 is 0. The molecular formula is C28H44N4O. The number of nitrogens with one attached hydrogen (secondary N) is 2. The SMILES string of the molecule is CCC[C@H]1CC[C@H](CNc2cc(C#N)ccc2NCCC(=O)N(CC)C2CCCCC2)CC1. The topological polar surface area (TPSA) is 68.2 Å². The Morgan fingerprint density at radius 2 is 1.73 bits per heavy atom. The summed E-state index contributed by atoms with van der Waals surface area (Å²) < 4.78 is 0. The minimum absolute atomic E-state index is 0.254. The fourth-order valence-corrected chi connectivity index (χ4v) is 5.78. The quantitative estimate of drug-likeness (QED) is 0.399. The van der Waals surface area contributed by atoms with Crippen molar-refractivity contribution < 1.29 is 4.79 Å². The molecule has 2 aliphatic rings. The van der Waals surface area contributed by atoms with Gasteiger partial charge in [0, 0.05) is 32.1 Å². The third kappa shape index (κ3) is 7.66. The van der Waals surface area contributed by atoms with Crippen LogP contribution in [0.4, 0.5) is 11.4 Å². The zero-order valence-electron chi connectivity index (χ0n) is 20.9. The van der Waals surface area contributed by atoms with Crippen molar-refractivity contribution in [3.8, 4) is 6.07 Å². The molecule has 182 valence electrons. The monoisotopic (exact) mass is 452 g/mol. The summed E-state index contributed by atoms with van der Waals surface area (Å²) in [7, 11) is 0. The summed E-state index contributed by atoms with van der Waals surface area (Å²) in [6.45, 7) is 6.75. The Labute approximate surface area is 201 Å². The van der Waals surface area contributed by atoms with E-state index in [1.165, 1.54) is 57.8 Å². The lowest BCUT2D eigenvalue weighted by atomic mass is 9.80. The molecule has 0 radical (unpaired) electrons. The summed E-state index contributed by atoms with van der Waals surface area (Å²) in [5, 5.41) is 16.5. The van der Waals surface area contributed by atoms with Crippen molar-refractivity contribution in [2.45, 2.75) is 96.9 Å². The first-order valence-electron chi connectivity index (χ1n) is 13.5. The van der Waals surface area contributed by atoms with Crippen LogP contribution in [0.1, 0.15) is 96.5 Å². The van der Waals surface area contributed by atoms with E-state index in [0.29, 0.717) is 30.5 Å². The molecule has 1 aromatic carbocycles. The van der Waals surface area contributed by atoms with E-state index in [1.54, 1.807) is 0 Å². The second kappa shape index (κ2) is 13.5. The lowest BCUT2D eigenvalue weighted by molar-refractivity contribution is -0.133. The number of amides is 1. The Morgan fingerprint density at radius 1 is 1.00 bits per heavy atom. The number of nitrogens with zero attached hydrogens (tertiary/aromatic N) is 2. The van der Waals surface area contributed by atoms with Crippen molar-refractivity contribution in [2.75, 3.05) is 30.3 Å². The number of anilines is 2. The highest BCUT2D eigenvalue weighted by Crippen LogP contribution is 2.32. The number of hydrogen-bond acceptors (Lipinski definition) is 4. The molecule has 0 aliphatic heterocycles. The Hall–Kier alpha value is -2.22. The molecule has 2 saturated carbocycles. The van der Waals surface area contributed by atoms with Gasteiger partial charge in [-0.25, -0.2) is 0 Å². The van der Waals surface area contributed by atoms with Gasteiger partial charge in [-0.05, 0) is 62.6 Å². The van der Waals surface area contributed by atoms with E-state index in [4.69, 9.17) is 0 Å². The predicted molar refractivity (Wildman–Crippen MR) is 137 cm³/mol. The van der Waals surface area contributed by atoms with Crippen molar-refractivity contribution in [1.29, 1.82) is 5.26 Å². The van der Waals surface area contributed by atoms with Gasteiger partial charge in [-0.2, -0.15) is 5.26 Å². The lowest BCUT2D eigenvalue weighted by Crippen LogP contribution is -2.41. The first-order chi connectivity index (χ1) is 16.1. The summed E-state index contributed by atoms with van der Waals surface area (Å²) in [4.78, 5) is 15.0. The fourth-order valence-electron chi connectivity index (χ4n) is 5.78. The highest BCUT2D eigenvalue weighted by molar-refractivity contribution is 5.78. The maximum atomic E-state index is 12.9. The summed E-state index contributed by atoms with van der Waals surface area (Å²) in [5.41, 5.74) is 2.64. The van der Waals surface area contributed by atoms with Crippen LogP contribution in [-0.4, -0.2) is 36.5 Å². The Balaban J connectivity index is 1.51. The standard InChI is InChI=1S/C28H44N4O/c1-3-8-22-11-13-23(14-12-22)21-31-27-19-24(20-29)15-16-26(27)30-18-17-28(33)32(4-2)25-9-6-5-7-10-25/h15-16,19,22-23,25,30-31H,3-14,17-18,21H2,1-2H3/t22-,23-. The molecule has 0 spiro atoms. The molecule has 5 nitrogen and oxygen atoms in total. The minimum Gasteiger partial charge on any atom is -0.383 e. The van der Waals surface area contributed by atoms with Gasteiger partial charge in [0.2, 0.25) is 5.91 Å². The largest absolute Gasteiger partial charge is 0.383 e. The van der Waals surface area contributed by atoms with Crippen molar-refractivity contribution in [3.63, 3.8) is 0 Å². The van der Waals surface area contributed by atoms with Crippen LogP contribution in [0.5, 0.6) is 0 Å². The normalized spacial score (nSPS) is 21.2. The van der Waals surface area contributed by atoms with E-state index < -0.39 is 0 Å². The van der Waals surface area contributed by atoms with Crippen molar-refractivity contribution >= 4 is 17.3 Å². The molecule has 0 atom stereocenters. The smallest absolute Gasteiger partial charge is 0.224 e. The molecule has 1 amide bonds. The minimum atomic E-state index is 0.254. The Morgan fingerprint density at radius 3 is 2.39 bits per heavy atom.